The van der Waals surface area contributed by atoms with Crippen molar-refractivity contribution in [3.63, 3.8) is 0 Å². The van der Waals surface area contributed by atoms with Gasteiger partial charge in [-0.2, -0.15) is 0 Å². The highest BCUT2D eigenvalue weighted by molar-refractivity contribution is 5.92. The Bertz CT molecular complexity index is 357. The van der Waals surface area contributed by atoms with Crippen molar-refractivity contribution >= 4 is 5.91 Å². The Morgan fingerprint density at radius 3 is 2.44 bits per heavy atom. The SMILES string of the molecule is CCC(C)(O)COc1ccc(C(N)=O)cc1. The molecule has 0 aliphatic heterocycles. The van der Waals surface area contributed by atoms with Gasteiger partial charge in [0, 0.05) is 5.56 Å². The summed E-state index contributed by atoms with van der Waals surface area (Å²) < 4.78 is 5.39. The van der Waals surface area contributed by atoms with Gasteiger partial charge in [-0.15, -0.1) is 0 Å². The van der Waals surface area contributed by atoms with E-state index in [-0.39, 0.29) is 6.61 Å². The van der Waals surface area contributed by atoms with Gasteiger partial charge in [-0.1, -0.05) is 6.92 Å². The molecule has 0 heterocycles. The number of rotatable bonds is 5. The van der Waals surface area contributed by atoms with Crippen LogP contribution in [0.3, 0.4) is 0 Å². The largest absolute Gasteiger partial charge is 0.491 e. The van der Waals surface area contributed by atoms with Crippen molar-refractivity contribution < 1.29 is 14.6 Å². The van der Waals surface area contributed by atoms with Crippen molar-refractivity contribution in [2.75, 3.05) is 6.61 Å². The van der Waals surface area contributed by atoms with Gasteiger partial charge < -0.3 is 15.6 Å². The first-order valence-electron chi connectivity index (χ1n) is 5.19. The Balaban J connectivity index is 2.59. The molecule has 0 saturated heterocycles. The molecule has 1 aromatic carbocycles. The average molecular weight is 223 g/mol. The van der Waals surface area contributed by atoms with Crippen molar-refractivity contribution in [3.8, 4) is 5.75 Å². The van der Waals surface area contributed by atoms with Gasteiger partial charge in [0.2, 0.25) is 5.91 Å². The molecule has 4 heteroatoms. The number of hydrogen-bond donors (Lipinski definition) is 2. The van der Waals surface area contributed by atoms with E-state index in [2.05, 4.69) is 0 Å². The van der Waals surface area contributed by atoms with E-state index in [0.717, 1.165) is 0 Å². The van der Waals surface area contributed by atoms with Crippen LogP contribution in [0.15, 0.2) is 24.3 Å². The quantitative estimate of drug-likeness (QED) is 0.790. The Hall–Kier alpha value is -1.55. The van der Waals surface area contributed by atoms with Gasteiger partial charge in [0.05, 0.1) is 5.60 Å². The Morgan fingerprint density at radius 2 is 2.00 bits per heavy atom. The lowest BCUT2D eigenvalue weighted by molar-refractivity contribution is 0.00846. The van der Waals surface area contributed by atoms with Gasteiger partial charge in [-0.3, -0.25) is 4.79 Å². The van der Waals surface area contributed by atoms with E-state index in [1.54, 1.807) is 31.2 Å². The molecule has 0 aromatic heterocycles. The predicted octanol–water partition coefficient (Wildman–Crippen LogP) is 1.33. The predicted molar refractivity (Wildman–Crippen MR) is 61.4 cm³/mol. The summed E-state index contributed by atoms with van der Waals surface area (Å²) in [6, 6.07) is 6.51. The van der Waals surface area contributed by atoms with Crippen LogP contribution in [0.1, 0.15) is 30.6 Å². The standard InChI is InChI=1S/C12H17NO3/c1-3-12(2,15)8-16-10-6-4-9(5-7-10)11(13)14/h4-7,15H,3,8H2,1-2H3,(H2,13,14). The minimum atomic E-state index is -0.831. The molecule has 3 N–H and O–H groups in total. The van der Waals surface area contributed by atoms with Crippen LogP contribution in [-0.4, -0.2) is 23.2 Å². The molecule has 4 nitrogen and oxygen atoms in total. The van der Waals surface area contributed by atoms with Gasteiger partial charge >= 0.3 is 0 Å². The summed E-state index contributed by atoms with van der Waals surface area (Å²) in [4.78, 5) is 10.8. The third kappa shape index (κ3) is 3.55. The lowest BCUT2D eigenvalue weighted by atomic mass is 10.1. The Labute approximate surface area is 95.0 Å². The zero-order valence-electron chi connectivity index (χ0n) is 9.56. The normalized spacial score (nSPS) is 14.2. The van der Waals surface area contributed by atoms with E-state index in [0.29, 0.717) is 17.7 Å². The molecule has 1 atom stereocenters. The first-order chi connectivity index (χ1) is 7.44. The van der Waals surface area contributed by atoms with Crippen molar-refractivity contribution in [3.05, 3.63) is 29.8 Å². The number of primary amides is 1. The molecule has 0 aliphatic rings. The molecule has 0 aliphatic carbocycles. The third-order valence-electron chi connectivity index (χ3n) is 2.45. The summed E-state index contributed by atoms with van der Waals surface area (Å²) in [7, 11) is 0. The fraction of sp³-hybridized carbons (Fsp3) is 0.417. The summed E-state index contributed by atoms with van der Waals surface area (Å²) in [5.41, 5.74) is 4.72. The molecule has 1 amide bonds. The van der Waals surface area contributed by atoms with Crippen LogP contribution in [0.4, 0.5) is 0 Å². The topological polar surface area (TPSA) is 72.6 Å². The summed E-state index contributed by atoms with van der Waals surface area (Å²) in [5.74, 6) is 0.144. The zero-order chi connectivity index (χ0) is 12.2. The minimum absolute atomic E-state index is 0.222. The number of carbonyl (C=O) groups excluding carboxylic acids is 1. The van der Waals surface area contributed by atoms with E-state index in [1.807, 2.05) is 6.92 Å². The van der Waals surface area contributed by atoms with E-state index < -0.39 is 11.5 Å². The van der Waals surface area contributed by atoms with Gasteiger partial charge in [0.25, 0.3) is 0 Å². The molecule has 1 aromatic rings. The summed E-state index contributed by atoms with van der Waals surface area (Å²) >= 11 is 0. The van der Waals surface area contributed by atoms with Crippen LogP contribution in [0.2, 0.25) is 0 Å². The molecule has 88 valence electrons. The highest BCUT2D eigenvalue weighted by atomic mass is 16.5. The summed E-state index contributed by atoms with van der Waals surface area (Å²) in [6.07, 6.45) is 0.617. The lowest BCUT2D eigenvalue weighted by Crippen LogP contribution is -2.31. The molecule has 0 fully saturated rings. The second kappa shape index (κ2) is 4.99. The monoisotopic (exact) mass is 223 g/mol. The highest BCUT2D eigenvalue weighted by Crippen LogP contribution is 2.15. The Morgan fingerprint density at radius 1 is 1.44 bits per heavy atom. The van der Waals surface area contributed by atoms with E-state index in [9.17, 15) is 9.90 Å². The maximum Gasteiger partial charge on any atom is 0.248 e. The number of nitrogens with two attached hydrogens (primary N) is 1. The number of ether oxygens (including phenoxy) is 1. The lowest BCUT2D eigenvalue weighted by Gasteiger charge is -2.21. The van der Waals surface area contributed by atoms with Crippen LogP contribution in [0, 0.1) is 0 Å². The highest BCUT2D eigenvalue weighted by Gasteiger charge is 2.18. The number of amides is 1. The molecular formula is C12H17NO3. The molecular weight excluding hydrogens is 206 g/mol. The van der Waals surface area contributed by atoms with Gasteiger partial charge in [-0.25, -0.2) is 0 Å². The number of carbonyl (C=O) groups is 1. The van der Waals surface area contributed by atoms with E-state index >= 15 is 0 Å². The smallest absolute Gasteiger partial charge is 0.248 e. The maximum atomic E-state index is 10.8. The van der Waals surface area contributed by atoms with Crippen LogP contribution in [-0.2, 0) is 0 Å². The van der Waals surface area contributed by atoms with Crippen molar-refractivity contribution in [1.82, 2.24) is 0 Å². The zero-order valence-corrected chi connectivity index (χ0v) is 9.56. The Kier molecular flexibility index (Phi) is 3.90. The van der Waals surface area contributed by atoms with Crippen molar-refractivity contribution in [2.24, 2.45) is 5.73 Å². The second-order valence-corrected chi connectivity index (χ2v) is 4.03. The molecule has 1 rings (SSSR count). The number of aliphatic hydroxyl groups is 1. The van der Waals surface area contributed by atoms with E-state index in [4.69, 9.17) is 10.5 Å². The van der Waals surface area contributed by atoms with Gasteiger partial charge in [0.15, 0.2) is 0 Å². The third-order valence-corrected chi connectivity index (χ3v) is 2.45. The molecule has 0 saturated carbocycles. The van der Waals surface area contributed by atoms with Crippen LogP contribution >= 0.6 is 0 Å². The summed E-state index contributed by atoms with van der Waals surface area (Å²) in [6.45, 7) is 3.82. The maximum absolute atomic E-state index is 10.8. The van der Waals surface area contributed by atoms with Crippen LogP contribution in [0.5, 0.6) is 5.75 Å². The first-order valence-corrected chi connectivity index (χ1v) is 5.19. The van der Waals surface area contributed by atoms with Gasteiger partial charge in [0.1, 0.15) is 12.4 Å². The van der Waals surface area contributed by atoms with Crippen molar-refractivity contribution in [2.45, 2.75) is 25.9 Å². The second-order valence-electron chi connectivity index (χ2n) is 4.03. The molecule has 0 spiro atoms. The fourth-order valence-electron chi connectivity index (χ4n) is 1.06. The summed E-state index contributed by atoms with van der Waals surface area (Å²) in [5, 5.41) is 9.73. The average Bonchev–Trinajstić information content (AvgIpc) is 2.27. The fourth-order valence-corrected chi connectivity index (χ4v) is 1.06. The number of benzene rings is 1. The van der Waals surface area contributed by atoms with Crippen molar-refractivity contribution in [1.29, 1.82) is 0 Å². The van der Waals surface area contributed by atoms with Crippen LogP contribution < -0.4 is 10.5 Å². The molecule has 0 radical (unpaired) electrons. The molecule has 16 heavy (non-hydrogen) atoms. The molecule has 0 bridgehead atoms. The minimum Gasteiger partial charge on any atom is -0.491 e. The van der Waals surface area contributed by atoms with Crippen LogP contribution in [0.25, 0.3) is 0 Å². The first kappa shape index (κ1) is 12.5. The number of hydrogen-bond acceptors (Lipinski definition) is 3. The van der Waals surface area contributed by atoms with E-state index in [1.165, 1.54) is 0 Å². The molecule has 1 unspecified atom stereocenters. The van der Waals surface area contributed by atoms with Gasteiger partial charge in [-0.05, 0) is 37.6 Å².